The van der Waals surface area contributed by atoms with Crippen LogP contribution in [0.3, 0.4) is 0 Å². The van der Waals surface area contributed by atoms with Gasteiger partial charge in [-0.25, -0.2) is 9.18 Å². The Kier molecular flexibility index (Phi) is 5.92. The first kappa shape index (κ1) is 20.6. The third-order valence-corrected chi connectivity index (χ3v) is 6.08. The lowest BCUT2D eigenvalue weighted by Gasteiger charge is -2.47. The number of piperidine rings is 1. The van der Waals surface area contributed by atoms with E-state index in [-0.39, 0.29) is 35.6 Å². The highest BCUT2D eigenvalue weighted by Crippen LogP contribution is 2.30. The first-order valence-electron chi connectivity index (χ1n) is 9.91. The monoisotopic (exact) mass is 431 g/mol. The Bertz CT molecular complexity index is 933. The molecule has 3 amide bonds. The zero-order valence-corrected chi connectivity index (χ0v) is 17.4. The van der Waals surface area contributed by atoms with Crippen LogP contribution in [0.2, 0.25) is 5.02 Å². The summed E-state index contributed by atoms with van der Waals surface area (Å²) in [6.45, 7) is 0.847. The van der Waals surface area contributed by atoms with Gasteiger partial charge in [0.15, 0.2) is 0 Å². The molecule has 0 saturated carbocycles. The maximum Gasteiger partial charge on any atom is 0.327 e. The Morgan fingerprint density at radius 1 is 1.17 bits per heavy atom. The fourth-order valence-electron chi connectivity index (χ4n) is 4.12. The molecular formula is C22H23ClFN3O3. The van der Waals surface area contributed by atoms with Gasteiger partial charge < -0.3 is 15.0 Å². The number of benzene rings is 2. The quantitative estimate of drug-likeness (QED) is 0.786. The highest BCUT2D eigenvalue weighted by molar-refractivity contribution is 6.31. The number of hydrogen-bond donors (Lipinski definition) is 1. The average Bonchev–Trinajstić information content (AvgIpc) is 2.76. The lowest BCUT2D eigenvalue weighted by atomic mass is 9.92. The van der Waals surface area contributed by atoms with Crippen LogP contribution in [0.15, 0.2) is 42.5 Å². The second-order valence-corrected chi connectivity index (χ2v) is 7.93. The maximum atomic E-state index is 14.4. The van der Waals surface area contributed by atoms with E-state index in [1.807, 2.05) is 12.1 Å². The summed E-state index contributed by atoms with van der Waals surface area (Å²) in [6, 6.07) is 10.4. The van der Waals surface area contributed by atoms with Crippen molar-refractivity contribution < 1.29 is 18.7 Å². The lowest BCUT2D eigenvalue weighted by molar-refractivity contribution is -0.137. The van der Waals surface area contributed by atoms with E-state index in [9.17, 15) is 14.0 Å². The normalized spacial score (nSPS) is 21.6. The molecule has 0 radical (unpaired) electrons. The Balaban J connectivity index is 1.64. The van der Waals surface area contributed by atoms with E-state index < -0.39 is 17.9 Å². The van der Waals surface area contributed by atoms with Crippen molar-refractivity contribution in [3.05, 3.63) is 64.4 Å². The average molecular weight is 432 g/mol. The summed E-state index contributed by atoms with van der Waals surface area (Å²) in [5, 5.41) is 3.50. The third-order valence-electron chi connectivity index (χ3n) is 5.72. The van der Waals surface area contributed by atoms with Crippen LogP contribution >= 0.6 is 11.6 Å². The molecule has 0 aliphatic carbocycles. The van der Waals surface area contributed by atoms with Gasteiger partial charge in [0.2, 0.25) is 5.91 Å². The first-order valence-corrected chi connectivity index (χ1v) is 10.3. The molecule has 2 aliphatic rings. The van der Waals surface area contributed by atoms with Crippen molar-refractivity contribution in [3.8, 4) is 5.75 Å². The summed E-state index contributed by atoms with van der Waals surface area (Å²) in [7, 11) is 1.58. The Labute approximate surface area is 179 Å². The molecule has 2 aliphatic heterocycles. The van der Waals surface area contributed by atoms with E-state index in [2.05, 4.69) is 5.32 Å². The summed E-state index contributed by atoms with van der Waals surface area (Å²) in [5.74, 6) is -0.0227. The molecule has 6 nitrogen and oxygen atoms in total. The Morgan fingerprint density at radius 3 is 2.63 bits per heavy atom. The number of halogens is 2. The maximum absolute atomic E-state index is 14.4. The second kappa shape index (κ2) is 8.62. The van der Waals surface area contributed by atoms with E-state index in [0.29, 0.717) is 18.7 Å². The van der Waals surface area contributed by atoms with Gasteiger partial charge in [-0.3, -0.25) is 9.69 Å². The molecule has 2 atom stereocenters. The molecule has 30 heavy (non-hydrogen) atoms. The number of nitrogens with one attached hydrogen (secondary N) is 1. The SMILES string of the molecule is COc1ccc(CN2C(=O)C3NCCCC3N(Cc3c(F)cccc3Cl)C2=O)cc1. The number of amides is 3. The molecule has 4 rings (SSSR count). The fraction of sp³-hybridized carbons (Fsp3) is 0.364. The van der Waals surface area contributed by atoms with Gasteiger partial charge in [0, 0.05) is 10.6 Å². The minimum Gasteiger partial charge on any atom is -0.497 e. The van der Waals surface area contributed by atoms with E-state index in [1.165, 1.54) is 17.0 Å². The predicted molar refractivity (Wildman–Crippen MR) is 111 cm³/mol. The van der Waals surface area contributed by atoms with Crippen LogP contribution in [0.1, 0.15) is 24.0 Å². The summed E-state index contributed by atoms with van der Waals surface area (Å²) in [4.78, 5) is 29.3. The van der Waals surface area contributed by atoms with Crippen LogP contribution in [-0.4, -0.2) is 47.5 Å². The number of rotatable bonds is 5. The van der Waals surface area contributed by atoms with Gasteiger partial charge in [0.25, 0.3) is 0 Å². The van der Waals surface area contributed by atoms with Crippen molar-refractivity contribution in [1.82, 2.24) is 15.1 Å². The summed E-state index contributed by atoms with van der Waals surface area (Å²) in [5.41, 5.74) is 1.06. The van der Waals surface area contributed by atoms with Crippen LogP contribution < -0.4 is 10.1 Å². The van der Waals surface area contributed by atoms with Crippen LogP contribution in [0.25, 0.3) is 0 Å². The van der Waals surface area contributed by atoms with Gasteiger partial charge in [-0.05, 0) is 49.2 Å². The number of carbonyl (C=O) groups is 2. The zero-order valence-electron chi connectivity index (χ0n) is 16.6. The molecule has 2 unspecified atom stereocenters. The molecule has 2 aromatic carbocycles. The molecule has 0 bridgehead atoms. The van der Waals surface area contributed by atoms with Gasteiger partial charge in [-0.15, -0.1) is 0 Å². The van der Waals surface area contributed by atoms with E-state index in [1.54, 1.807) is 30.2 Å². The number of imide groups is 1. The Morgan fingerprint density at radius 2 is 1.93 bits per heavy atom. The molecule has 2 heterocycles. The van der Waals surface area contributed by atoms with Crippen molar-refractivity contribution in [3.63, 3.8) is 0 Å². The number of hydrogen-bond acceptors (Lipinski definition) is 4. The minimum atomic E-state index is -0.514. The van der Waals surface area contributed by atoms with Crippen molar-refractivity contribution >= 4 is 23.5 Å². The van der Waals surface area contributed by atoms with Crippen LogP contribution in [0, 0.1) is 5.82 Å². The van der Waals surface area contributed by atoms with Crippen LogP contribution in [0.4, 0.5) is 9.18 Å². The van der Waals surface area contributed by atoms with Gasteiger partial charge in [0.1, 0.15) is 17.6 Å². The van der Waals surface area contributed by atoms with Crippen molar-refractivity contribution in [1.29, 1.82) is 0 Å². The van der Waals surface area contributed by atoms with Crippen LogP contribution in [-0.2, 0) is 17.9 Å². The molecule has 1 N–H and O–H groups in total. The highest BCUT2D eigenvalue weighted by Gasteiger charge is 2.47. The van der Waals surface area contributed by atoms with Gasteiger partial charge in [-0.2, -0.15) is 0 Å². The second-order valence-electron chi connectivity index (χ2n) is 7.52. The van der Waals surface area contributed by atoms with E-state index in [0.717, 1.165) is 12.0 Å². The molecule has 158 valence electrons. The first-order chi connectivity index (χ1) is 14.5. The standard InChI is InChI=1S/C22H23ClFN3O3/c1-30-15-9-7-14(8-10-15)12-27-21(28)20-19(6-3-11-25-20)26(22(27)29)13-16-17(23)4-2-5-18(16)24/h2,4-5,7-10,19-20,25H,3,6,11-13H2,1H3. The predicted octanol–water partition coefficient (Wildman–Crippen LogP) is 3.57. The highest BCUT2D eigenvalue weighted by atomic mass is 35.5. The number of methoxy groups -OCH3 is 1. The Hall–Kier alpha value is -2.64. The number of fused-ring (bicyclic) bond motifs is 1. The zero-order chi connectivity index (χ0) is 21.3. The smallest absolute Gasteiger partial charge is 0.327 e. The van der Waals surface area contributed by atoms with E-state index >= 15 is 0 Å². The largest absolute Gasteiger partial charge is 0.497 e. The molecule has 2 aromatic rings. The van der Waals surface area contributed by atoms with Crippen LogP contribution in [0.5, 0.6) is 5.75 Å². The molecule has 0 aromatic heterocycles. The number of urea groups is 1. The third kappa shape index (κ3) is 3.87. The number of ether oxygens (including phenoxy) is 1. The van der Waals surface area contributed by atoms with Gasteiger partial charge in [-0.1, -0.05) is 29.8 Å². The van der Waals surface area contributed by atoms with Crippen molar-refractivity contribution in [2.24, 2.45) is 0 Å². The minimum absolute atomic E-state index is 0.0135. The summed E-state index contributed by atoms with van der Waals surface area (Å²) >= 11 is 6.21. The summed E-state index contributed by atoms with van der Waals surface area (Å²) < 4.78 is 19.6. The topological polar surface area (TPSA) is 61.9 Å². The van der Waals surface area contributed by atoms with Gasteiger partial charge in [0.05, 0.1) is 26.2 Å². The number of carbonyl (C=O) groups excluding carboxylic acids is 2. The molecule has 0 spiro atoms. The number of nitrogens with zero attached hydrogens (tertiary/aromatic N) is 2. The van der Waals surface area contributed by atoms with Crippen molar-refractivity contribution in [2.75, 3.05) is 13.7 Å². The fourth-order valence-corrected chi connectivity index (χ4v) is 4.34. The molecular weight excluding hydrogens is 409 g/mol. The molecule has 8 heteroatoms. The lowest BCUT2D eigenvalue weighted by Crippen LogP contribution is -2.69. The summed E-state index contributed by atoms with van der Waals surface area (Å²) in [6.07, 6.45) is 1.51. The van der Waals surface area contributed by atoms with Gasteiger partial charge >= 0.3 is 6.03 Å². The molecule has 2 fully saturated rings. The van der Waals surface area contributed by atoms with Crippen molar-refractivity contribution in [2.45, 2.75) is 38.0 Å². The van der Waals surface area contributed by atoms with E-state index in [4.69, 9.17) is 16.3 Å². The molecule has 2 saturated heterocycles.